The summed E-state index contributed by atoms with van der Waals surface area (Å²) in [6, 6.07) is 23.4. The summed E-state index contributed by atoms with van der Waals surface area (Å²) >= 11 is 0. The van der Waals surface area contributed by atoms with Crippen LogP contribution >= 0.6 is 0 Å². The Morgan fingerprint density at radius 2 is 1.81 bits per heavy atom. The Bertz CT molecular complexity index is 1090. The molecule has 3 aromatic carbocycles. The Hall–Kier alpha value is -3.29. The number of aromatic amines is 1. The van der Waals surface area contributed by atoms with Crippen molar-refractivity contribution in [2.45, 2.75) is 12.5 Å². The second kappa shape index (κ2) is 6.91. The number of aliphatic hydroxyl groups excluding tert-OH is 1. The molecule has 0 aliphatic rings. The quantitative estimate of drug-likeness (QED) is 0.572. The molecule has 0 spiro atoms. The molecular formula is C22H18N2O2. The average Bonchev–Trinajstić information content (AvgIpc) is 3.04. The summed E-state index contributed by atoms with van der Waals surface area (Å²) in [5, 5.41) is 21.5. The van der Waals surface area contributed by atoms with Gasteiger partial charge in [0.05, 0.1) is 17.7 Å². The van der Waals surface area contributed by atoms with Gasteiger partial charge in [-0.05, 0) is 42.0 Å². The molecule has 0 fully saturated rings. The van der Waals surface area contributed by atoms with Crippen LogP contribution in [0.1, 0.15) is 11.1 Å². The third-order valence-electron chi connectivity index (χ3n) is 4.45. The summed E-state index contributed by atoms with van der Waals surface area (Å²) < 4.78 is 5.61. The molecule has 0 saturated carbocycles. The number of hydrogen-bond acceptors (Lipinski definition) is 3. The summed E-state index contributed by atoms with van der Waals surface area (Å²) in [6.07, 6.45) is -0.0658. The Balaban J connectivity index is 1.52. The number of nitrogens with zero attached hydrogens (tertiary/aromatic N) is 1. The normalized spacial score (nSPS) is 12.2. The fourth-order valence-electron chi connectivity index (χ4n) is 3.19. The number of nitriles is 1. The first-order valence-electron chi connectivity index (χ1n) is 8.53. The number of fused-ring (bicyclic) bond motifs is 3. The van der Waals surface area contributed by atoms with Crippen LogP contribution in [0.4, 0.5) is 0 Å². The number of aromatic nitrogens is 1. The van der Waals surface area contributed by atoms with Crippen LogP contribution in [-0.4, -0.2) is 22.8 Å². The largest absolute Gasteiger partial charge is 0.491 e. The fourth-order valence-corrected chi connectivity index (χ4v) is 3.19. The maximum atomic E-state index is 10.3. The van der Waals surface area contributed by atoms with Gasteiger partial charge in [-0.25, -0.2) is 0 Å². The van der Waals surface area contributed by atoms with Gasteiger partial charge in [0.25, 0.3) is 0 Å². The van der Waals surface area contributed by atoms with Gasteiger partial charge in [0.15, 0.2) is 0 Å². The maximum Gasteiger partial charge on any atom is 0.119 e. The molecule has 4 aromatic rings. The van der Waals surface area contributed by atoms with E-state index in [9.17, 15) is 5.11 Å². The summed E-state index contributed by atoms with van der Waals surface area (Å²) in [6.45, 7) is 0.250. The van der Waals surface area contributed by atoms with Crippen molar-refractivity contribution in [3.05, 3.63) is 77.9 Å². The number of aliphatic hydroxyl groups is 1. The van der Waals surface area contributed by atoms with Crippen molar-refractivity contribution in [3.63, 3.8) is 0 Å². The minimum Gasteiger partial charge on any atom is -0.491 e. The number of benzene rings is 3. The Morgan fingerprint density at radius 1 is 0.962 bits per heavy atom. The van der Waals surface area contributed by atoms with E-state index in [1.807, 2.05) is 66.7 Å². The van der Waals surface area contributed by atoms with Gasteiger partial charge in [-0.15, -0.1) is 0 Å². The summed E-state index contributed by atoms with van der Waals surface area (Å²) in [5.74, 6) is 0.755. The SMILES string of the molecule is N#Cc1ccc2[nH]c3cc(CC(O)COc4ccccc4)ccc3c2c1. The molecule has 0 radical (unpaired) electrons. The van der Waals surface area contributed by atoms with Crippen molar-refractivity contribution in [3.8, 4) is 11.8 Å². The van der Waals surface area contributed by atoms with E-state index in [-0.39, 0.29) is 6.61 Å². The molecule has 1 unspecified atom stereocenters. The highest BCUT2D eigenvalue weighted by Crippen LogP contribution is 2.27. The van der Waals surface area contributed by atoms with Gasteiger partial charge in [0.2, 0.25) is 0 Å². The second-order valence-corrected chi connectivity index (χ2v) is 6.36. The van der Waals surface area contributed by atoms with Crippen LogP contribution in [0.2, 0.25) is 0 Å². The zero-order chi connectivity index (χ0) is 17.9. The predicted octanol–water partition coefficient (Wildman–Crippen LogP) is 4.18. The lowest BCUT2D eigenvalue weighted by atomic mass is 10.0. The van der Waals surface area contributed by atoms with Crippen molar-refractivity contribution in [2.75, 3.05) is 6.61 Å². The van der Waals surface area contributed by atoms with Crippen LogP contribution in [0.15, 0.2) is 66.7 Å². The minimum absolute atomic E-state index is 0.250. The van der Waals surface area contributed by atoms with E-state index in [0.29, 0.717) is 12.0 Å². The van der Waals surface area contributed by atoms with Crippen LogP contribution in [0, 0.1) is 11.3 Å². The van der Waals surface area contributed by atoms with Crippen molar-refractivity contribution in [1.29, 1.82) is 5.26 Å². The molecule has 4 rings (SSSR count). The molecule has 1 aromatic heterocycles. The molecular weight excluding hydrogens is 324 g/mol. The Kier molecular flexibility index (Phi) is 4.30. The topological polar surface area (TPSA) is 69.0 Å². The molecule has 0 aliphatic heterocycles. The first-order chi connectivity index (χ1) is 12.7. The van der Waals surface area contributed by atoms with Gasteiger partial charge in [0.1, 0.15) is 12.4 Å². The van der Waals surface area contributed by atoms with Crippen LogP contribution in [0.3, 0.4) is 0 Å². The average molecular weight is 342 g/mol. The molecule has 4 nitrogen and oxygen atoms in total. The van der Waals surface area contributed by atoms with Gasteiger partial charge in [0, 0.05) is 28.2 Å². The number of H-pyrrole nitrogens is 1. The minimum atomic E-state index is -0.581. The first kappa shape index (κ1) is 16.2. The number of hydrogen-bond donors (Lipinski definition) is 2. The van der Waals surface area contributed by atoms with E-state index >= 15 is 0 Å². The zero-order valence-corrected chi connectivity index (χ0v) is 14.1. The van der Waals surface area contributed by atoms with E-state index in [1.165, 1.54) is 0 Å². The number of nitrogens with one attached hydrogen (secondary N) is 1. The lowest BCUT2D eigenvalue weighted by Crippen LogP contribution is -2.20. The summed E-state index contributed by atoms with van der Waals surface area (Å²) in [4.78, 5) is 3.38. The van der Waals surface area contributed by atoms with Gasteiger partial charge in [-0.2, -0.15) is 5.26 Å². The van der Waals surface area contributed by atoms with Crippen LogP contribution in [-0.2, 0) is 6.42 Å². The summed E-state index contributed by atoms with van der Waals surface area (Å²) in [5.41, 5.74) is 3.69. The Labute approximate surface area is 151 Å². The molecule has 0 bridgehead atoms. The zero-order valence-electron chi connectivity index (χ0n) is 14.1. The fraction of sp³-hybridized carbons (Fsp3) is 0.136. The van der Waals surface area contributed by atoms with Gasteiger partial charge in [-0.1, -0.05) is 30.3 Å². The third-order valence-corrected chi connectivity index (χ3v) is 4.45. The molecule has 0 aliphatic carbocycles. The standard InChI is InChI=1S/C22H18N2O2/c23-13-16-7-9-21-20(11-16)19-8-6-15(12-22(19)24-21)10-17(25)14-26-18-4-2-1-3-5-18/h1-9,11-12,17,24-25H,10,14H2. The summed E-state index contributed by atoms with van der Waals surface area (Å²) in [7, 11) is 0. The first-order valence-corrected chi connectivity index (χ1v) is 8.53. The molecule has 4 heteroatoms. The van der Waals surface area contributed by atoms with Gasteiger partial charge >= 0.3 is 0 Å². The smallest absolute Gasteiger partial charge is 0.119 e. The third kappa shape index (κ3) is 3.26. The molecule has 0 amide bonds. The second-order valence-electron chi connectivity index (χ2n) is 6.36. The lowest BCUT2D eigenvalue weighted by Gasteiger charge is -2.12. The Morgan fingerprint density at radius 3 is 2.62 bits per heavy atom. The highest BCUT2D eigenvalue weighted by molar-refractivity contribution is 6.07. The molecule has 2 N–H and O–H groups in total. The van der Waals surface area contributed by atoms with E-state index in [4.69, 9.17) is 10.00 Å². The lowest BCUT2D eigenvalue weighted by molar-refractivity contribution is 0.108. The van der Waals surface area contributed by atoms with E-state index in [2.05, 4.69) is 11.1 Å². The number of para-hydroxylation sites is 1. The highest BCUT2D eigenvalue weighted by atomic mass is 16.5. The molecule has 128 valence electrons. The highest BCUT2D eigenvalue weighted by Gasteiger charge is 2.10. The van der Waals surface area contributed by atoms with Crippen LogP contribution < -0.4 is 4.74 Å². The monoisotopic (exact) mass is 342 g/mol. The van der Waals surface area contributed by atoms with Crippen molar-refractivity contribution in [2.24, 2.45) is 0 Å². The van der Waals surface area contributed by atoms with E-state index in [1.54, 1.807) is 0 Å². The van der Waals surface area contributed by atoms with E-state index in [0.717, 1.165) is 33.1 Å². The van der Waals surface area contributed by atoms with Crippen molar-refractivity contribution < 1.29 is 9.84 Å². The van der Waals surface area contributed by atoms with Crippen molar-refractivity contribution in [1.82, 2.24) is 4.98 Å². The maximum absolute atomic E-state index is 10.3. The van der Waals surface area contributed by atoms with E-state index < -0.39 is 6.10 Å². The molecule has 26 heavy (non-hydrogen) atoms. The van der Waals surface area contributed by atoms with Crippen LogP contribution in [0.25, 0.3) is 21.8 Å². The van der Waals surface area contributed by atoms with Gasteiger partial charge in [-0.3, -0.25) is 0 Å². The number of ether oxygens (including phenoxy) is 1. The predicted molar refractivity (Wildman–Crippen MR) is 102 cm³/mol. The molecule has 1 heterocycles. The molecule has 1 atom stereocenters. The van der Waals surface area contributed by atoms with Crippen molar-refractivity contribution >= 4 is 21.8 Å². The molecule has 0 saturated heterocycles. The van der Waals surface area contributed by atoms with Gasteiger partial charge < -0.3 is 14.8 Å². The number of rotatable bonds is 5. The van der Waals surface area contributed by atoms with Crippen LogP contribution in [0.5, 0.6) is 5.75 Å².